The summed E-state index contributed by atoms with van der Waals surface area (Å²) in [7, 11) is 0. The first-order chi connectivity index (χ1) is 39.7. The summed E-state index contributed by atoms with van der Waals surface area (Å²) in [5, 5.41) is 57.1. The average molecular weight is 1140 g/mol. The van der Waals surface area contributed by atoms with Gasteiger partial charge in [0.25, 0.3) is 0 Å². The van der Waals surface area contributed by atoms with Crippen LogP contribution >= 0.6 is 0 Å². The van der Waals surface area contributed by atoms with Crippen LogP contribution in [-0.2, 0) is 23.8 Å². The molecular weight excluding hydrogens is 1010 g/mol. The average Bonchev–Trinajstić information content (AvgIpc) is 3.46. The van der Waals surface area contributed by atoms with Crippen LogP contribution in [0.4, 0.5) is 0 Å². The van der Waals surface area contributed by atoms with E-state index in [9.17, 15) is 35.1 Å². The van der Waals surface area contributed by atoms with Gasteiger partial charge < -0.3 is 45.1 Å². The number of nitrogens with one attached hydrogen (secondary N) is 1. The molecule has 81 heavy (non-hydrogen) atoms. The van der Waals surface area contributed by atoms with Crippen molar-refractivity contribution in [3.05, 3.63) is 72.9 Å². The first-order valence-electron chi connectivity index (χ1n) is 33.7. The van der Waals surface area contributed by atoms with Crippen LogP contribution in [0.3, 0.4) is 0 Å². The van der Waals surface area contributed by atoms with Crippen molar-refractivity contribution in [2.45, 2.75) is 346 Å². The van der Waals surface area contributed by atoms with Gasteiger partial charge in [0.15, 0.2) is 12.4 Å². The molecule has 1 rings (SSSR count). The second-order valence-corrected chi connectivity index (χ2v) is 23.2. The van der Waals surface area contributed by atoms with E-state index in [1.165, 1.54) is 148 Å². The number of rotatable bonds is 57. The van der Waals surface area contributed by atoms with Gasteiger partial charge in [0, 0.05) is 6.42 Å². The van der Waals surface area contributed by atoms with Gasteiger partial charge in [0.05, 0.1) is 25.4 Å². The van der Waals surface area contributed by atoms with Crippen molar-refractivity contribution in [1.82, 2.24) is 5.32 Å². The first-order valence-corrected chi connectivity index (χ1v) is 33.7. The number of unbranched alkanes of at least 4 members (excludes halogenated alkanes) is 34. The highest BCUT2D eigenvalue weighted by molar-refractivity contribution is 5.80. The van der Waals surface area contributed by atoms with Crippen LogP contribution in [-0.4, -0.2) is 99.6 Å². The summed E-state index contributed by atoms with van der Waals surface area (Å²) in [6.07, 6.45) is 63.6. The van der Waals surface area contributed by atoms with Gasteiger partial charge >= 0.3 is 5.97 Å². The van der Waals surface area contributed by atoms with Crippen molar-refractivity contribution in [3.63, 3.8) is 0 Å². The zero-order chi connectivity index (χ0) is 58.9. The Labute approximate surface area is 496 Å². The van der Waals surface area contributed by atoms with E-state index < -0.39 is 67.4 Å². The number of carbonyl (C=O) groups is 2. The molecule has 8 unspecified atom stereocenters. The molecule has 0 aromatic carbocycles. The molecule has 8 atom stereocenters. The van der Waals surface area contributed by atoms with Gasteiger partial charge in [-0.15, -0.1) is 0 Å². The second-order valence-electron chi connectivity index (χ2n) is 23.2. The predicted molar refractivity (Wildman–Crippen MR) is 338 cm³/mol. The summed E-state index contributed by atoms with van der Waals surface area (Å²) >= 11 is 0. The summed E-state index contributed by atoms with van der Waals surface area (Å²) < 4.78 is 17.6. The molecular formula is C70H125NO10. The lowest BCUT2D eigenvalue weighted by molar-refractivity contribution is -0.305. The Morgan fingerprint density at radius 2 is 0.889 bits per heavy atom. The molecule has 1 aliphatic heterocycles. The van der Waals surface area contributed by atoms with Crippen LogP contribution in [0, 0.1) is 0 Å². The van der Waals surface area contributed by atoms with E-state index in [2.05, 4.69) is 86.8 Å². The molecule has 0 spiro atoms. The molecule has 1 aliphatic rings. The lowest BCUT2D eigenvalue weighted by Gasteiger charge is -2.41. The van der Waals surface area contributed by atoms with Gasteiger partial charge in [-0.25, -0.2) is 0 Å². The maximum absolute atomic E-state index is 13.5. The highest BCUT2D eigenvalue weighted by Gasteiger charge is 2.47. The van der Waals surface area contributed by atoms with Crippen LogP contribution < -0.4 is 5.32 Å². The summed E-state index contributed by atoms with van der Waals surface area (Å²) in [5.41, 5.74) is 0. The molecule has 1 fully saturated rings. The van der Waals surface area contributed by atoms with E-state index in [1.54, 1.807) is 6.08 Å². The number of aliphatic hydroxyl groups excluding tert-OH is 5. The maximum Gasteiger partial charge on any atom is 0.306 e. The van der Waals surface area contributed by atoms with Crippen molar-refractivity contribution < 1.29 is 49.3 Å². The summed E-state index contributed by atoms with van der Waals surface area (Å²) in [4.78, 5) is 26.6. The summed E-state index contributed by atoms with van der Waals surface area (Å²) in [5.74, 6) is -1.20. The number of aliphatic hydroxyl groups is 5. The Hall–Kier alpha value is -2.90. The normalized spacial score (nSPS) is 19.1. The molecule has 0 radical (unpaired) electrons. The third-order valence-corrected chi connectivity index (χ3v) is 15.6. The van der Waals surface area contributed by atoms with E-state index >= 15 is 0 Å². The smallest absolute Gasteiger partial charge is 0.306 e. The quantitative estimate of drug-likeness (QED) is 0.0149. The Morgan fingerprint density at radius 1 is 0.494 bits per heavy atom. The highest BCUT2D eigenvalue weighted by Crippen LogP contribution is 2.26. The predicted octanol–water partition coefficient (Wildman–Crippen LogP) is 16.7. The Balaban J connectivity index is 2.62. The molecule has 0 aromatic rings. The van der Waals surface area contributed by atoms with Gasteiger partial charge in [-0.3, -0.25) is 9.59 Å². The Bertz CT molecular complexity index is 1590. The molecule has 0 aliphatic carbocycles. The van der Waals surface area contributed by atoms with Crippen LogP contribution in [0.5, 0.6) is 0 Å². The van der Waals surface area contributed by atoms with E-state index in [-0.39, 0.29) is 19.4 Å². The van der Waals surface area contributed by atoms with Crippen molar-refractivity contribution in [1.29, 1.82) is 0 Å². The lowest BCUT2D eigenvalue weighted by atomic mass is 9.99. The topological polar surface area (TPSA) is 175 Å². The van der Waals surface area contributed by atoms with Crippen molar-refractivity contribution in [2.75, 3.05) is 13.2 Å². The van der Waals surface area contributed by atoms with Crippen molar-refractivity contribution in [2.24, 2.45) is 0 Å². The molecule has 0 bridgehead atoms. The minimum Gasteiger partial charge on any atom is -0.454 e. The third-order valence-electron chi connectivity index (χ3n) is 15.6. The van der Waals surface area contributed by atoms with Gasteiger partial charge in [0.1, 0.15) is 24.4 Å². The number of hydrogen-bond donors (Lipinski definition) is 6. The van der Waals surface area contributed by atoms with Gasteiger partial charge in [-0.1, -0.05) is 273 Å². The molecule has 11 nitrogen and oxygen atoms in total. The fourth-order valence-corrected chi connectivity index (χ4v) is 10.2. The number of allylic oxidation sites excluding steroid dienone is 11. The SMILES string of the molecule is CCCCC/C=C\C/C=C\C/C=C\CCCCCCCCCCCCCC(O)C(=O)NC(COC1OC(CO)C(O)C(O)C1OC(=O)CCCCCCCC/C=C/C=C/CCCCC)C(O)/C=C/CCCCCCCCCCCCC. The minimum atomic E-state index is -1.62. The molecule has 470 valence electrons. The monoisotopic (exact) mass is 1140 g/mol. The van der Waals surface area contributed by atoms with Crippen molar-refractivity contribution in [3.8, 4) is 0 Å². The van der Waals surface area contributed by atoms with Gasteiger partial charge in [0.2, 0.25) is 5.91 Å². The zero-order valence-corrected chi connectivity index (χ0v) is 52.1. The molecule has 0 aromatic heterocycles. The number of esters is 1. The molecule has 6 N–H and O–H groups in total. The molecule has 1 amide bonds. The van der Waals surface area contributed by atoms with Gasteiger partial charge in [-0.2, -0.15) is 0 Å². The Morgan fingerprint density at radius 3 is 1.37 bits per heavy atom. The number of ether oxygens (including phenoxy) is 3. The lowest BCUT2D eigenvalue weighted by Crippen LogP contribution is -2.61. The van der Waals surface area contributed by atoms with Crippen LogP contribution in [0.25, 0.3) is 0 Å². The van der Waals surface area contributed by atoms with Crippen molar-refractivity contribution >= 4 is 11.9 Å². The molecule has 11 heteroatoms. The fraction of sp³-hybridized carbons (Fsp3) is 0.800. The van der Waals surface area contributed by atoms with E-state index in [0.717, 1.165) is 103 Å². The van der Waals surface area contributed by atoms with Crippen LogP contribution in [0.2, 0.25) is 0 Å². The van der Waals surface area contributed by atoms with E-state index in [4.69, 9.17) is 14.2 Å². The maximum atomic E-state index is 13.5. The van der Waals surface area contributed by atoms with Gasteiger partial charge in [-0.05, 0) is 89.9 Å². The number of amides is 1. The molecule has 1 saturated heterocycles. The zero-order valence-electron chi connectivity index (χ0n) is 52.1. The minimum absolute atomic E-state index is 0.109. The summed E-state index contributed by atoms with van der Waals surface area (Å²) in [6, 6.07) is -1.03. The Kier molecular flexibility index (Phi) is 54.1. The third kappa shape index (κ3) is 45.2. The van der Waals surface area contributed by atoms with E-state index in [1.807, 2.05) is 6.08 Å². The van der Waals surface area contributed by atoms with Crippen LogP contribution in [0.1, 0.15) is 297 Å². The largest absolute Gasteiger partial charge is 0.454 e. The van der Waals surface area contributed by atoms with Crippen LogP contribution in [0.15, 0.2) is 72.9 Å². The molecule has 0 saturated carbocycles. The number of hydrogen-bond acceptors (Lipinski definition) is 10. The standard InChI is InChI=1S/C70H125NO10/c1-4-7-10-13-16-19-22-25-27-28-29-30-31-32-33-34-35-37-39-42-45-48-51-54-57-63(74)69(78)71-61(62(73)56-53-50-47-44-41-38-24-21-18-15-12-9-6-3)60-79-70-68(67(77)66(76)64(59-72)80-70)81-65(75)58-55-52-49-46-43-40-36-26-23-20-17-14-11-8-5-2/h16-17,19-20,23,25-27,29-30,53,56,61-64,66-68,70,72-74,76-77H,4-15,18,21-22,24,28,31-52,54-55,57-60H2,1-3H3,(H,71,78)/b19-16-,20-17+,26-23+,27-25-,30-29-,56-53+. The fourth-order valence-electron chi connectivity index (χ4n) is 10.2. The second kappa shape index (κ2) is 57.5. The van der Waals surface area contributed by atoms with E-state index in [0.29, 0.717) is 12.8 Å². The highest BCUT2D eigenvalue weighted by atomic mass is 16.7. The summed E-state index contributed by atoms with van der Waals surface area (Å²) in [6.45, 7) is 5.74. The molecule has 1 heterocycles. The first kappa shape index (κ1) is 76.1. The number of carbonyl (C=O) groups excluding carboxylic acids is 2.